The molecule has 0 aliphatic heterocycles. The summed E-state index contributed by atoms with van der Waals surface area (Å²) in [7, 11) is 0. The van der Waals surface area contributed by atoms with E-state index in [1.54, 1.807) is 26.0 Å². The molecule has 1 heterocycles. The van der Waals surface area contributed by atoms with Crippen LogP contribution < -0.4 is 0 Å². The van der Waals surface area contributed by atoms with Gasteiger partial charge in [0.1, 0.15) is 18.3 Å². The second-order valence-corrected chi connectivity index (χ2v) is 7.82. The minimum absolute atomic E-state index is 0.00181. The Balaban J connectivity index is 2.02. The number of fused-ring (bicyclic) bond motifs is 1. The van der Waals surface area contributed by atoms with Crippen LogP contribution in [0.2, 0.25) is 0 Å². The molecule has 32 heavy (non-hydrogen) atoms. The zero-order valence-electron chi connectivity index (χ0n) is 18.1. The maximum atomic E-state index is 13.7. The fraction of sp³-hybridized carbons (Fsp3) is 0.400. The van der Waals surface area contributed by atoms with Gasteiger partial charge in [0.25, 0.3) is 0 Å². The minimum Gasteiger partial charge on any atom is -0.441 e. The Bertz CT molecular complexity index is 1010. The number of nitrogens with zero attached hydrogens (tertiary/aromatic N) is 1. The number of hydrogen-bond acceptors (Lipinski definition) is 2. The third-order valence-electron chi connectivity index (χ3n) is 5.59. The Morgan fingerprint density at radius 1 is 1.22 bits per heavy atom. The van der Waals surface area contributed by atoms with Crippen LogP contribution in [0.5, 0.6) is 0 Å². The summed E-state index contributed by atoms with van der Waals surface area (Å²) in [6, 6.07) is 6.21. The van der Waals surface area contributed by atoms with Gasteiger partial charge in [-0.1, -0.05) is 31.2 Å². The van der Waals surface area contributed by atoms with E-state index in [-0.39, 0.29) is 35.2 Å². The quantitative estimate of drug-likeness (QED) is 0.319. The maximum absolute atomic E-state index is 13.7. The average Bonchev–Trinajstić information content (AvgIpc) is 3.19. The molecule has 1 aromatic heterocycles. The molecule has 3 rings (SSSR count). The van der Waals surface area contributed by atoms with Gasteiger partial charge in [-0.3, -0.25) is 0 Å². The number of alkyl halides is 4. The van der Waals surface area contributed by atoms with Crippen molar-refractivity contribution in [3.05, 3.63) is 82.4 Å². The molecule has 0 bridgehead atoms. The van der Waals surface area contributed by atoms with Crippen molar-refractivity contribution in [3.8, 4) is 0 Å². The second kappa shape index (κ2) is 10.3. The van der Waals surface area contributed by atoms with Crippen molar-refractivity contribution in [1.29, 1.82) is 0 Å². The summed E-state index contributed by atoms with van der Waals surface area (Å²) in [5, 5.41) is 0. The molecular formula is C25H26F5NO. The van der Waals surface area contributed by atoms with Gasteiger partial charge in [0.05, 0.1) is 11.3 Å². The van der Waals surface area contributed by atoms with E-state index in [4.69, 9.17) is 4.42 Å². The minimum atomic E-state index is -4.58. The van der Waals surface area contributed by atoms with Crippen molar-refractivity contribution in [3.63, 3.8) is 0 Å². The smallest absolute Gasteiger partial charge is 0.416 e. The van der Waals surface area contributed by atoms with Crippen LogP contribution in [0.1, 0.15) is 61.9 Å². The lowest BCUT2D eigenvalue weighted by Crippen LogP contribution is -2.12. The molecule has 0 saturated carbocycles. The van der Waals surface area contributed by atoms with Crippen molar-refractivity contribution >= 4 is 5.57 Å². The molecule has 0 radical (unpaired) electrons. The summed E-state index contributed by atoms with van der Waals surface area (Å²) < 4.78 is 73.3. The Hall–Kier alpha value is -2.70. The van der Waals surface area contributed by atoms with Gasteiger partial charge in [-0.2, -0.15) is 13.2 Å². The molecule has 2 nitrogen and oxygen atoms in total. The summed E-state index contributed by atoms with van der Waals surface area (Å²) in [5.41, 5.74) is 0.852. The third kappa shape index (κ3) is 5.56. The number of aryl methyl sites for hydroxylation is 1. The van der Waals surface area contributed by atoms with E-state index < -0.39 is 18.4 Å². The Kier molecular flexibility index (Phi) is 7.69. The van der Waals surface area contributed by atoms with Crippen LogP contribution >= 0.6 is 0 Å². The highest BCUT2D eigenvalue weighted by Gasteiger charge is 2.34. The maximum Gasteiger partial charge on any atom is 0.416 e. The molecule has 172 valence electrons. The highest BCUT2D eigenvalue weighted by Crippen LogP contribution is 2.38. The number of rotatable bonds is 7. The van der Waals surface area contributed by atoms with Crippen molar-refractivity contribution < 1.29 is 26.4 Å². The van der Waals surface area contributed by atoms with E-state index in [0.717, 1.165) is 30.6 Å². The number of hydrogen-bond donors (Lipinski definition) is 0. The van der Waals surface area contributed by atoms with Gasteiger partial charge in [0.2, 0.25) is 5.89 Å². The number of halogens is 5. The summed E-state index contributed by atoms with van der Waals surface area (Å²) in [6.07, 6.45) is 1.93. The van der Waals surface area contributed by atoms with Crippen molar-refractivity contribution in [2.75, 3.05) is 6.67 Å². The topological polar surface area (TPSA) is 26.0 Å². The third-order valence-corrected chi connectivity index (χ3v) is 5.59. The molecule has 0 fully saturated rings. The average molecular weight is 451 g/mol. The number of benzene rings is 1. The van der Waals surface area contributed by atoms with Gasteiger partial charge >= 0.3 is 6.18 Å². The first-order valence-electron chi connectivity index (χ1n) is 10.7. The number of aromatic nitrogens is 1. The summed E-state index contributed by atoms with van der Waals surface area (Å²) in [4.78, 5) is 4.55. The Morgan fingerprint density at radius 2 is 1.94 bits per heavy atom. The van der Waals surface area contributed by atoms with E-state index in [1.807, 2.05) is 0 Å². The lowest BCUT2D eigenvalue weighted by Gasteiger charge is -2.20. The zero-order chi connectivity index (χ0) is 23.3. The lowest BCUT2D eigenvalue weighted by atomic mass is 9.86. The monoisotopic (exact) mass is 451 g/mol. The van der Waals surface area contributed by atoms with E-state index in [2.05, 4.69) is 4.98 Å². The fourth-order valence-electron chi connectivity index (χ4n) is 3.95. The zero-order valence-corrected chi connectivity index (χ0v) is 18.1. The van der Waals surface area contributed by atoms with Crippen LogP contribution in [-0.4, -0.2) is 17.8 Å². The van der Waals surface area contributed by atoms with E-state index in [9.17, 15) is 22.0 Å². The number of allylic oxidation sites excluding steroid dienone is 6. The summed E-state index contributed by atoms with van der Waals surface area (Å²) in [5.74, 6) is 0.294. The van der Waals surface area contributed by atoms with E-state index in [1.165, 1.54) is 18.2 Å². The first kappa shape index (κ1) is 24.0. The van der Waals surface area contributed by atoms with Crippen LogP contribution in [0.15, 0.2) is 58.1 Å². The standard InChI is InChI=1S/C25H26F5NO/c1-3-6-19(25(28,29)30)14-21(17(4-2)15-26)24-31-23-18(7-5-8-22(23)32-24)13-16-9-11-20(27)12-10-16/h4,6,9-12,14,18H,3,5,7-8,13,15H2,1-2H3/b17-4-,19-6-,21-14+/t18-/m1/s1. The molecule has 1 aliphatic carbocycles. The molecule has 2 aromatic rings. The predicted octanol–water partition coefficient (Wildman–Crippen LogP) is 7.67. The first-order chi connectivity index (χ1) is 15.3. The largest absolute Gasteiger partial charge is 0.441 e. The van der Waals surface area contributed by atoms with Gasteiger partial charge in [-0.25, -0.2) is 13.8 Å². The van der Waals surface area contributed by atoms with Crippen molar-refractivity contribution in [2.45, 2.75) is 58.0 Å². The highest BCUT2D eigenvalue weighted by atomic mass is 19.4. The summed E-state index contributed by atoms with van der Waals surface area (Å²) >= 11 is 0. The van der Waals surface area contributed by atoms with Crippen molar-refractivity contribution in [2.24, 2.45) is 0 Å². The molecule has 7 heteroatoms. The molecule has 0 amide bonds. The molecule has 1 aromatic carbocycles. The second-order valence-electron chi connectivity index (χ2n) is 7.82. The van der Waals surface area contributed by atoms with Crippen LogP contribution in [0.4, 0.5) is 22.0 Å². The van der Waals surface area contributed by atoms with Gasteiger partial charge in [0.15, 0.2) is 0 Å². The molecular weight excluding hydrogens is 425 g/mol. The van der Waals surface area contributed by atoms with Crippen LogP contribution in [0.25, 0.3) is 5.57 Å². The molecule has 0 spiro atoms. The SMILES string of the molecule is C\C=C(CF)/C(=C\C(=C\CC)C(F)(F)F)c1nc2c(o1)CCC[C@@H]2Cc1ccc(F)cc1. The normalized spacial score (nSPS) is 18.1. The molecule has 1 aliphatic rings. The molecule has 0 saturated heterocycles. The van der Waals surface area contributed by atoms with Gasteiger partial charge in [0, 0.05) is 17.9 Å². The number of oxazole rings is 1. The molecule has 1 atom stereocenters. The molecule has 0 N–H and O–H groups in total. The van der Waals surface area contributed by atoms with Crippen molar-refractivity contribution in [1.82, 2.24) is 4.98 Å². The van der Waals surface area contributed by atoms with E-state index >= 15 is 0 Å². The molecule has 0 unspecified atom stereocenters. The highest BCUT2D eigenvalue weighted by molar-refractivity contribution is 5.77. The Morgan fingerprint density at radius 3 is 2.53 bits per heavy atom. The van der Waals surface area contributed by atoms with Gasteiger partial charge in [-0.05, 0) is 62.0 Å². The van der Waals surface area contributed by atoms with Gasteiger partial charge < -0.3 is 4.42 Å². The van der Waals surface area contributed by atoms with Crippen LogP contribution in [0, 0.1) is 5.82 Å². The Labute approximate surface area is 184 Å². The predicted molar refractivity (Wildman–Crippen MR) is 114 cm³/mol. The fourth-order valence-corrected chi connectivity index (χ4v) is 3.95. The van der Waals surface area contributed by atoms with Crippen LogP contribution in [-0.2, 0) is 12.8 Å². The first-order valence-corrected chi connectivity index (χ1v) is 10.7. The van der Waals surface area contributed by atoms with Crippen LogP contribution in [0.3, 0.4) is 0 Å². The van der Waals surface area contributed by atoms with Gasteiger partial charge in [-0.15, -0.1) is 0 Å². The van der Waals surface area contributed by atoms with E-state index in [0.29, 0.717) is 24.3 Å². The lowest BCUT2D eigenvalue weighted by molar-refractivity contribution is -0.0883. The summed E-state index contributed by atoms with van der Waals surface area (Å²) in [6.45, 7) is 2.24.